The third kappa shape index (κ3) is 3.01. The molecule has 23 heavy (non-hydrogen) atoms. The van der Waals surface area contributed by atoms with Crippen LogP contribution in [0, 0.1) is 6.92 Å². The Hall–Kier alpha value is -2.51. The number of benzene rings is 1. The molecule has 0 bridgehead atoms. The Kier molecular flexibility index (Phi) is 3.75. The Balaban J connectivity index is 1.78. The van der Waals surface area contributed by atoms with Gasteiger partial charge in [-0.15, -0.1) is 0 Å². The summed E-state index contributed by atoms with van der Waals surface area (Å²) in [6, 6.07) is 4.55. The summed E-state index contributed by atoms with van der Waals surface area (Å²) in [4.78, 5) is 21.4. The highest BCUT2D eigenvalue weighted by atomic mass is 19.4. The van der Waals surface area contributed by atoms with E-state index in [2.05, 4.69) is 9.97 Å². The van der Waals surface area contributed by atoms with Crippen LogP contribution in [-0.2, 0) is 12.7 Å². The maximum absolute atomic E-state index is 12.8. The van der Waals surface area contributed by atoms with Crippen LogP contribution < -0.4 is 9.88 Å². The first-order chi connectivity index (χ1) is 10.9. The molecule has 8 heteroatoms. The molecule has 2 aromatic rings. The van der Waals surface area contributed by atoms with Gasteiger partial charge in [0.1, 0.15) is 5.69 Å². The van der Waals surface area contributed by atoms with Crippen LogP contribution in [0.15, 0.2) is 30.6 Å². The van der Waals surface area contributed by atoms with Gasteiger partial charge in [-0.1, -0.05) is 6.07 Å². The molecule has 1 aromatic carbocycles. The Morgan fingerprint density at radius 3 is 2.74 bits per heavy atom. The van der Waals surface area contributed by atoms with Gasteiger partial charge in [0.05, 0.1) is 12.1 Å². The predicted molar refractivity (Wildman–Crippen MR) is 76.7 cm³/mol. The van der Waals surface area contributed by atoms with Crippen molar-refractivity contribution in [2.24, 2.45) is 0 Å². The SMILES string of the molecule is Cc1[nH]c[nH+]c1CN1CCN(c2cccc(C(F)(F)F)c2)C1=O. The first-order valence-electron chi connectivity index (χ1n) is 7.14. The smallest absolute Gasteiger partial charge is 0.314 e. The molecule has 0 saturated carbocycles. The monoisotopic (exact) mass is 325 g/mol. The average Bonchev–Trinajstić information content (AvgIpc) is 3.06. The van der Waals surface area contributed by atoms with Crippen molar-refractivity contribution in [1.82, 2.24) is 9.88 Å². The number of aromatic nitrogens is 2. The summed E-state index contributed by atoms with van der Waals surface area (Å²) in [5.74, 6) is 0. The van der Waals surface area contributed by atoms with E-state index in [4.69, 9.17) is 0 Å². The van der Waals surface area contributed by atoms with Crippen molar-refractivity contribution < 1.29 is 22.9 Å². The van der Waals surface area contributed by atoms with Crippen LogP contribution in [0.5, 0.6) is 0 Å². The van der Waals surface area contributed by atoms with Gasteiger partial charge >= 0.3 is 12.2 Å². The second-order valence-corrected chi connectivity index (χ2v) is 5.44. The Morgan fingerprint density at radius 1 is 1.30 bits per heavy atom. The second-order valence-electron chi connectivity index (χ2n) is 5.44. The van der Waals surface area contributed by atoms with Crippen molar-refractivity contribution >= 4 is 11.7 Å². The predicted octanol–water partition coefficient (Wildman–Crippen LogP) is 2.60. The van der Waals surface area contributed by atoms with Gasteiger partial charge in [-0.25, -0.2) is 14.8 Å². The fourth-order valence-electron chi connectivity index (χ4n) is 2.60. The zero-order valence-electron chi connectivity index (χ0n) is 12.4. The van der Waals surface area contributed by atoms with E-state index in [1.807, 2.05) is 6.92 Å². The van der Waals surface area contributed by atoms with E-state index < -0.39 is 11.7 Å². The van der Waals surface area contributed by atoms with Gasteiger partial charge in [0, 0.05) is 25.7 Å². The minimum Gasteiger partial charge on any atom is -0.314 e. The number of halogens is 3. The molecule has 1 aliphatic heterocycles. The summed E-state index contributed by atoms with van der Waals surface area (Å²) in [6.07, 6.45) is -2.74. The van der Waals surface area contributed by atoms with E-state index in [1.165, 1.54) is 17.0 Å². The second kappa shape index (κ2) is 5.60. The van der Waals surface area contributed by atoms with Crippen LogP contribution in [0.2, 0.25) is 0 Å². The zero-order valence-corrected chi connectivity index (χ0v) is 12.4. The number of aryl methyl sites for hydroxylation is 1. The van der Waals surface area contributed by atoms with E-state index >= 15 is 0 Å². The molecule has 0 atom stereocenters. The van der Waals surface area contributed by atoms with Gasteiger partial charge in [-0.2, -0.15) is 13.2 Å². The van der Waals surface area contributed by atoms with Gasteiger partial charge in [0.25, 0.3) is 0 Å². The maximum atomic E-state index is 12.8. The lowest BCUT2D eigenvalue weighted by atomic mass is 10.2. The Morgan fingerprint density at radius 2 is 2.09 bits per heavy atom. The Labute approximate surface area is 130 Å². The number of imidazole rings is 1. The number of aromatic amines is 2. The summed E-state index contributed by atoms with van der Waals surface area (Å²) in [7, 11) is 0. The standard InChI is InChI=1S/C15H15F3N4O/c1-10-13(20-9-19-10)8-21-5-6-22(14(21)23)12-4-2-3-11(7-12)15(16,17)18/h2-4,7,9H,5-6,8H2,1H3,(H,19,20)/p+1. The molecule has 0 unspecified atom stereocenters. The molecule has 1 saturated heterocycles. The van der Waals surface area contributed by atoms with Gasteiger partial charge in [0.15, 0.2) is 5.69 Å². The fourth-order valence-corrected chi connectivity index (χ4v) is 2.60. The highest BCUT2D eigenvalue weighted by molar-refractivity contribution is 5.94. The van der Waals surface area contributed by atoms with Crippen molar-refractivity contribution in [3.63, 3.8) is 0 Å². The van der Waals surface area contributed by atoms with Crippen LogP contribution in [0.4, 0.5) is 23.7 Å². The van der Waals surface area contributed by atoms with E-state index in [0.29, 0.717) is 19.6 Å². The number of carbonyl (C=O) groups is 1. The number of carbonyl (C=O) groups excluding carboxylic acids is 1. The molecule has 0 radical (unpaired) electrons. The molecule has 1 aliphatic rings. The molecular weight excluding hydrogens is 309 g/mol. The molecule has 0 spiro atoms. The summed E-state index contributed by atoms with van der Waals surface area (Å²) in [6.45, 7) is 3.11. The van der Waals surface area contributed by atoms with E-state index in [9.17, 15) is 18.0 Å². The number of alkyl halides is 3. The van der Waals surface area contributed by atoms with E-state index in [1.54, 1.807) is 11.2 Å². The third-order valence-electron chi connectivity index (χ3n) is 3.92. The normalized spacial score (nSPS) is 15.6. The average molecular weight is 325 g/mol. The van der Waals surface area contributed by atoms with Gasteiger partial charge < -0.3 is 4.90 Å². The fraction of sp³-hybridized carbons (Fsp3) is 0.333. The number of rotatable bonds is 3. The van der Waals surface area contributed by atoms with Crippen LogP contribution >= 0.6 is 0 Å². The van der Waals surface area contributed by atoms with E-state index in [-0.39, 0.29) is 11.7 Å². The third-order valence-corrected chi connectivity index (χ3v) is 3.92. The number of amides is 2. The number of nitrogens with one attached hydrogen (secondary N) is 2. The highest BCUT2D eigenvalue weighted by Gasteiger charge is 2.34. The van der Waals surface area contributed by atoms with Crippen molar-refractivity contribution in [3.05, 3.63) is 47.5 Å². The minimum atomic E-state index is -4.42. The number of hydrogen-bond donors (Lipinski definition) is 1. The molecular formula is C15H16F3N4O+. The molecule has 3 rings (SSSR count). The van der Waals surface area contributed by atoms with Crippen molar-refractivity contribution in [3.8, 4) is 0 Å². The van der Waals surface area contributed by atoms with Crippen LogP contribution in [-0.4, -0.2) is 29.0 Å². The lowest BCUT2D eigenvalue weighted by Gasteiger charge is -2.19. The molecule has 122 valence electrons. The lowest BCUT2D eigenvalue weighted by molar-refractivity contribution is -0.389. The number of nitrogens with zero attached hydrogens (tertiary/aromatic N) is 2. The van der Waals surface area contributed by atoms with E-state index in [0.717, 1.165) is 23.5 Å². The van der Waals surface area contributed by atoms with Crippen molar-refractivity contribution in [1.29, 1.82) is 0 Å². The molecule has 2 heterocycles. The van der Waals surface area contributed by atoms with Crippen molar-refractivity contribution in [2.45, 2.75) is 19.6 Å². The summed E-state index contributed by atoms with van der Waals surface area (Å²) in [5, 5.41) is 0. The molecule has 5 nitrogen and oxygen atoms in total. The van der Waals surface area contributed by atoms with Gasteiger partial charge in [-0.05, 0) is 18.2 Å². The lowest BCUT2D eigenvalue weighted by Crippen LogP contribution is -2.33. The number of H-pyrrole nitrogens is 2. The summed E-state index contributed by atoms with van der Waals surface area (Å²) >= 11 is 0. The molecule has 2 N–H and O–H groups in total. The first-order valence-corrected chi connectivity index (χ1v) is 7.14. The maximum Gasteiger partial charge on any atom is 0.416 e. The zero-order chi connectivity index (χ0) is 16.6. The molecule has 0 aliphatic carbocycles. The van der Waals surface area contributed by atoms with Crippen LogP contribution in [0.3, 0.4) is 0 Å². The summed E-state index contributed by atoms with van der Waals surface area (Å²) < 4.78 is 38.4. The number of urea groups is 1. The number of anilines is 1. The van der Waals surface area contributed by atoms with Crippen LogP contribution in [0.25, 0.3) is 0 Å². The van der Waals surface area contributed by atoms with Gasteiger partial charge in [-0.3, -0.25) is 4.90 Å². The largest absolute Gasteiger partial charge is 0.416 e. The van der Waals surface area contributed by atoms with Gasteiger partial charge in [0.2, 0.25) is 6.33 Å². The molecule has 1 fully saturated rings. The number of hydrogen-bond acceptors (Lipinski definition) is 1. The quantitative estimate of drug-likeness (QED) is 0.926. The van der Waals surface area contributed by atoms with Crippen molar-refractivity contribution in [2.75, 3.05) is 18.0 Å². The molecule has 2 amide bonds. The highest BCUT2D eigenvalue weighted by Crippen LogP contribution is 2.32. The minimum absolute atomic E-state index is 0.266. The topological polar surface area (TPSA) is 53.5 Å². The Bertz CT molecular complexity index is 726. The summed E-state index contributed by atoms with van der Waals surface area (Å²) in [5.41, 5.74) is 1.32. The molecule has 1 aromatic heterocycles. The first kappa shape index (κ1) is 15.4. The van der Waals surface area contributed by atoms with Crippen LogP contribution in [0.1, 0.15) is 17.0 Å².